The van der Waals surface area contributed by atoms with Gasteiger partial charge in [-0.2, -0.15) is 4.98 Å². The van der Waals surface area contributed by atoms with Crippen LogP contribution in [0.5, 0.6) is 5.88 Å². The summed E-state index contributed by atoms with van der Waals surface area (Å²) in [5, 5.41) is 0.181. The highest BCUT2D eigenvalue weighted by Gasteiger charge is 2.16. The minimum Gasteiger partial charge on any atom is -0.472 e. The van der Waals surface area contributed by atoms with Crippen LogP contribution in [0.4, 0.5) is 0 Å². The Morgan fingerprint density at radius 2 is 1.86 bits per heavy atom. The molecule has 4 nitrogen and oxygen atoms in total. The number of hydrogen-bond donors (Lipinski definition) is 0. The van der Waals surface area contributed by atoms with Gasteiger partial charge in [-0.05, 0) is 37.9 Å². The molecule has 1 aromatic heterocycles. The van der Waals surface area contributed by atoms with Crippen LogP contribution < -0.4 is 4.74 Å². The van der Waals surface area contributed by atoms with Gasteiger partial charge < -0.3 is 9.47 Å². The molecule has 2 unspecified atom stereocenters. The van der Waals surface area contributed by atoms with E-state index in [2.05, 4.69) is 9.97 Å². The van der Waals surface area contributed by atoms with Crippen molar-refractivity contribution in [2.24, 2.45) is 0 Å². The Morgan fingerprint density at radius 3 is 2.57 bits per heavy atom. The molecule has 2 rings (SSSR count). The highest BCUT2D eigenvalue weighted by atomic mass is 35.5. The number of hydrogen-bond acceptors (Lipinski definition) is 4. The zero-order chi connectivity index (χ0) is 15.2. The zero-order valence-electron chi connectivity index (χ0n) is 12.4. The Hall–Kier alpha value is -1.65. The first kappa shape index (κ1) is 15.7. The van der Waals surface area contributed by atoms with Crippen LogP contribution in [-0.4, -0.2) is 22.2 Å². The largest absolute Gasteiger partial charge is 0.472 e. The Morgan fingerprint density at radius 1 is 1.14 bits per heavy atom. The standard InChI is InChI=1S/C16H19ClN2O2/c1-11-9-18-16(17)19-15(11)21-13(3)12(2)20-10-14-7-5-4-6-8-14/h4-9,12-13H,10H2,1-3H3. The molecule has 21 heavy (non-hydrogen) atoms. The molecule has 0 N–H and O–H groups in total. The summed E-state index contributed by atoms with van der Waals surface area (Å²) in [6, 6.07) is 10.0. The topological polar surface area (TPSA) is 44.2 Å². The molecular weight excluding hydrogens is 288 g/mol. The second kappa shape index (κ2) is 7.38. The summed E-state index contributed by atoms with van der Waals surface area (Å²) < 4.78 is 11.6. The van der Waals surface area contributed by atoms with Gasteiger partial charge in [0.25, 0.3) is 0 Å². The highest BCUT2D eigenvalue weighted by Crippen LogP contribution is 2.18. The van der Waals surface area contributed by atoms with Crippen LogP contribution in [0.25, 0.3) is 0 Å². The maximum Gasteiger partial charge on any atom is 0.225 e. The summed E-state index contributed by atoms with van der Waals surface area (Å²) in [6.45, 7) is 6.37. The molecule has 112 valence electrons. The molecule has 0 fully saturated rings. The van der Waals surface area contributed by atoms with Crippen LogP contribution in [0.15, 0.2) is 36.5 Å². The number of halogens is 1. The predicted octanol–water partition coefficient (Wildman–Crippen LogP) is 3.81. The van der Waals surface area contributed by atoms with Gasteiger partial charge in [0.05, 0.1) is 12.7 Å². The number of ether oxygens (including phenoxy) is 2. The molecule has 0 radical (unpaired) electrons. The summed E-state index contributed by atoms with van der Waals surface area (Å²) in [5.41, 5.74) is 1.99. The average Bonchev–Trinajstić information content (AvgIpc) is 2.49. The first-order chi connectivity index (χ1) is 10.1. The van der Waals surface area contributed by atoms with Crippen molar-refractivity contribution in [2.45, 2.75) is 39.6 Å². The number of nitrogens with zero attached hydrogens (tertiary/aromatic N) is 2. The molecule has 5 heteroatoms. The lowest BCUT2D eigenvalue weighted by Crippen LogP contribution is -2.29. The molecule has 0 saturated heterocycles. The van der Waals surface area contributed by atoms with Crippen molar-refractivity contribution >= 4 is 11.6 Å². The van der Waals surface area contributed by atoms with E-state index in [4.69, 9.17) is 21.1 Å². The van der Waals surface area contributed by atoms with Crippen molar-refractivity contribution in [1.82, 2.24) is 9.97 Å². The normalized spacial score (nSPS) is 13.7. The fourth-order valence-corrected chi connectivity index (χ4v) is 1.86. The molecule has 0 aliphatic heterocycles. The van der Waals surface area contributed by atoms with Gasteiger partial charge in [0, 0.05) is 11.8 Å². The maximum atomic E-state index is 5.83. The van der Waals surface area contributed by atoms with E-state index < -0.39 is 0 Å². The summed E-state index contributed by atoms with van der Waals surface area (Å²) in [7, 11) is 0. The van der Waals surface area contributed by atoms with Crippen molar-refractivity contribution in [1.29, 1.82) is 0 Å². The third kappa shape index (κ3) is 4.69. The lowest BCUT2D eigenvalue weighted by molar-refractivity contribution is -0.0181. The van der Waals surface area contributed by atoms with Crippen LogP contribution in [0.2, 0.25) is 5.28 Å². The number of aryl methyl sites for hydroxylation is 1. The van der Waals surface area contributed by atoms with E-state index in [1.807, 2.05) is 51.1 Å². The molecule has 1 heterocycles. The van der Waals surface area contributed by atoms with E-state index in [0.717, 1.165) is 11.1 Å². The van der Waals surface area contributed by atoms with E-state index in [9.17, 15) is 0 Å². The Balaban J connectivity index is 1.90. The Kier molecular flexibility index (Phi) is 5.53. The van der Waals surface area contributed by atoms with Crippen molar-refractivity contribution in [2.75, 3.05) is 0 Å². The first-order valence-corrected chi connectivity index (χ1v) is 7.25. The van der Waals surface area contributed by atoms with E-state index in [0.29, 0.717) is 12.5 Å². The minimum absolute atomic E-state index is 0.0710. The van der Waals surface area contributed by atoms with Gasteiger partial charge in [0.2, 0.25) is 11.2 Å². The van der Waals surface area contributed by atoms with E-state index in [1.54, 1.807) is 6.20 Å². The molecule has 0 bridgehead atoms. The highest BCUT2D eigenvalue weighted by molar-refractivity contribution is 6.28. The van der Waals surface area contributed by atoms with Crippen LogP contribution in [0.1, 0.15) is 25.0 Å². The van der Waals surface area contributed by atoms with E-state index in [-0.39, 0.29) is 17.5 Å². The fourth-order valence-electron chi connectivity index (χ4n) is 1.73. The quantitative estimate of drug-likeness (QED) is 0.761. The average molecular weight is 307 g/mol. The van der Waals surface area contributed by atoms with Crippen molar-refractivity contribution in [3.05, 3.63) is 52.9 Å². The van der Waals surface area contributed by atoms with Crippen molar-refractivity contribution in [3.8, 4) is 5.88 Å². The smallest absolute Gasteiger partial charge is 0.225 e. The van der Waals surface area contributed by atoms with Gasteiger partial charge in [-0.15, -0.1) is 0 Å². The first-order valence-electron chi connectivity index (χ1n) is 6.87. The molecule has 0 amide bonds. The summed E-state index contributed by atoms with van der Waals surface area (Å²) >= 11 is 5.79. The molecule has 0 spiro atoms. The van der Waals surface area contributed by atoms with Crippen LogP contribution in [0, 0.1) is 6.92 Å². The SMILES string of the molecule is Cc1cnc(Cl)nc1OC(C)C(C)OCc1ccccc1. The summed E-state index contributed by atoms with van der Waals surface area (Å²) in [5.74, 6) is 0.498. The number of rotatable bonds is 6. The number of benzene rings is 1. The monoisotopic (exact) mass is 306 g/mol. The Bertz CT molecular complexity index is 578. The molecule has 2 aromatic rings. The summed E-state index contributed by atoms with van der Waals surface area (Å²) in [6.07, 6.45) is 1.43. The molecule has 0 aliphatic rings. The Labute approximate surface area is 130 Å². The van der Waals surface area contributed by atoms with Gasteiger partial charge in [-0.3, -0.25) is 0 Å². The predicted molar refractivity (Wildman–Crippen MR) is 82.6 cm³/mol. The summed E-state index contributed by atoms with van der Waals surface area (Å²) in [4.78, 5) is 8.00. The number of aromatic nitrogens is 2. The third-order valence-corrected chi connectivity index (χ3v) is 3.39. The molecular formula is C16H19ClN2O2. The van der Waals surface area contributed by atoms with Crippen LogP contribution in [0.3, 0.4) is 0 Å². The van der Waals surface area contributed by atoms with Crippen molar-refractivity contribution in [3.63, 3.8) is 0 Å². The minimum atomic E-state index is -0.140. The van der Waals surface area contributed by atoms with E-state index >= 15 is 0 Å². The lowest BCUT2D eigenvalue weighted by atomic mass is 10.2. The fraction of sp³-hybridized carbons (Fsp3) is 0.375. The van der Waals surface area contributed by atoms with Crippen molar-refractivity contribution < 1.29 is 9.47 Å². The molecule has 0 saturated carbocycles. The van der Waals surface area contributed by atoms with Gasteiger partial charge in [0.15, 0.2) is 0 Å². The van der Waals surface area contributed by atoms with Gasteiger partial charge >= 0.3 is 0 Å². The van der Waals surface area contributed by atoms with Crippen LogP contribution in [-0.2, 0) is 11.3 Å². The van der Waals surface area contributed by atoms with Gasteiger partial charge in [-0.25, -0.2) is 4.98 Å². The maximum absolute atomic E-state index is 5.83. The molecule has 2 atom stereocenters. The third-order valence-electron chi connectivity index (χ3n) is 3.21. The van der Waals surface area contributed by atoms with Gasteiger partial charge in [0.1, 0.15) is 6.10 Å². The second-order valence-corrected chi connectivity index (χ2v) is 5.29. The zero-order valence-corrected chi connectivity index (χ0v) is 13.2. The van der Waals surface area contributed by atoms with E-state index in [1.165, 1.54) is 0 Å². The lowest BCUT2D eigenvalue weighted by Gasteiger charge is -2.22. The molecule has 1 aromatic carbocycles. The van der Waals surface area contributed by atoms with Crippen LogP contribution >= 0.6 is 11.6 Å². The van der Waals surface area contributed by atoms with Gasteiger partial charge in [-0.1, -0.05) is 30.3 Å². The molecule has 0 aliphatic carbocycles. The second-order valence-electron chi connectivity index (χ2n) is 4.95.